The van der Waals surface area contributed by atoms with Gasteiger partial charge >= 0.3 is 0 Å². The second-order valence-corrected chi connectivity index (χ2v) is 6.46. The maximum absolute atomic E-state index is 12.8. The highest BCUT2D eigenvalue weighted by atomic mass is 35.5. The number of fused-ring (bicyclic) bond motifs is 1. The molecule has 0 aliphatic heterocycles. The van der Waals surface area contributed by atoms with Gasteiger partial charge in [0.1, 0.15) is 0 Å². The summed E-state index contributed by atoms with van der Waals surface area (Å²) in [6.45, 7) is 0. The maximum atomic E-state index is 12.8. The smallest absolute Gasteiger partial charge is 0.237 e. The van der Waals surface area contributed by atoms with Crippen molar-refractivity contribution < 1.29 is 8.42 Å². The van der Waals surface area contributed by atoms with E-state index in [2.05, 4.69) is 0 Å². The van der Waals surface area contributed by atoms with E-state index in [0.717, 1.165) is 5.39 Å². The van der Waals surface area contributed by atoms with Crippen LogP contribution < -0.4 is 0 Å². The molecule has 2 aromatic carbocycles. The van der Waals surface area contributed by atoms with Crippen LogP contribution in [0.4, 0.5) is 0 Å². The van der Waals surface area contributed by atoms with Gasteiger partial charge in [-0.2, -0.15) is 0 Å². The van der Waals surface area contributed by atoms with Crippen LogP contribution in [0.3, 0.4) is 0 Å². The second kappa shape index (κ2) is 4.96. The lowest BCUT2D eigenvalue weighted by molar-refractivity contribution is 0.588. The Balaban J connectivity index is 2.34. The van der Waals surface area contributed by atoms with Gasteiger partial charge in [0.25, 0.3) is 10.0 Å². The van der Waals surface area contributed by atoms with Crippen LogP contribution in [0.2, 0.25) is 0 Å². The molecule has 0 unspecified atom stereocenters. The number of nitrogens with zero attached hydrogens (tertiary/aromatic N) is 1. The summed E-state index contributed by atoms with van der Waals surface area (Å²) in [5, 5.41) is 0.864. The normalized spacial score (nSPS) is 11.8. The molecule has 0 N–H and O–H groups in total. The van der Waals surface area contributed by atoms with Crippen LogP contribution in [0, 0.1) is 0 Å². The van der Waals surface area contributed by atoms with Crippen LogP contribution in [0.15, 0.2) is 65.6 Å². The van der Waals surface area contributed by atoms with Crippen LogP contribution in [0.25, 0.3) is 10.9 Å². The van der Waals surface area contributed by atoms with Crippen molar-refractivity contribution in [1.29, 1.82) is 0 Å². The summed E-state index contributed by atoms with van der Waals surface area (Å²) < 4.78 is 26.9. The molecule has 0 bridgehead atoms. The highest BCUT2D eigenvalue weighted by Crippen LogP contribution is 2.26. The zero-order valence-corrected chi connectivity index (χ0v) is 12.1. The molecule has 0 radical (unpaired) electrons. The lowest BCUT2D eigenvalue weighted by Crippen LogP contribution is -2.14. The maximum Gasteiger partial charge on any atom is 0.268 e. The van der Waals surface area contributed by atoms with E-state index in [1.165, 1.54) is 3.97 Å². The molecule has 3 aromatic rings. The van der Waals surface area contributed by atoms with Gasteiger partial charge in [0.05, 0.1) is 22.0 Å². The van der Waals surface area contributed by atoms with Crippen LogP contribution in [-0.4, -0.2) is 12.4 Å². The third-order valence-corrected chi connectivity index (χ3v) is 5.21. The number of benzene rings is 2. The first-order valence-corrected chi connectivity index (χ1v) is 8.08. The topological polar surface area (TPSA) is 39.1 Å². The molecule has 0 saturated carbocycles. The number of rotatable bonds is 3. The number of alkyl halides is 1. The van der Waals surface area contributed by atoms with Crippen molar-refractivity contribution in [2.45, 2.75) is 10.8 Å². The van der Waals surface area contributed by atoms with Crippen LogP contribution in [0.1, 0.15) is 5.69 Å². The third kappa shape index (κ3) is 2.01. The lowest BCUT2D eigenvalue weighted by atomic mass is 10.2. The average Bonchev–Trinajstić information content (AvgIpc) is 2.87. The van der Waals surface area contributed by atoms with Gasteiger partial charge in [-0.3, -0.25) is 0 Å². The Hall–Kier alpha value is -1.78. The SMILES string of the molecule is O=S(=O)(c1ccccc1)n1c(CCl)cc2ccccc21. The van der Waals surface area contributed by atoms with Gasteiger partial charge < -0.3 is 0 Å². The fourth-order valence-electron chi connectivity index (χ4n) is 2.26. The molecular formula is C15H12ClNO2S. The molecule has 0 atom stereocenters. The first-order valence-electron chi connectivity index (χ1n) is 6.10. The fraction of sp³-hybridized carbons (Fsp3) is 0.0667. The first kappa shape index (κ1) is 13.2. The molecule has 0 aliphatic carbocycles. The Kier molecular flexibility index (Phi) is 3.28. The van der Waals surface area contributed by atoms with Crippen molar-refractivity contribution in [3.8, 4) is 0 Å². The zero-order chi connectivity index (χ0) is 14.2. The molecular weight excluding hydrogens is 294 g/mol. The van der Waals surface area contributed by atoms with Crippen LogP contribution >= 0.6 is 11.6 Å². The van der Waals surface area contributed by atoms with Crippen LogP contribution in [0.5, 0.6) is 0 Å². The summed E-state index contributed by atoms with van der Waals surface area (Å²) in [4.78, 5) is 0.257. The van der Waals surface area contributed by atoms with Crippen molar-refractivity contribution in [2.24, 2.45) is 0 Å². The molecule has 0 fully saturated rings. The van der Waals surface area contributed by atoms with E-state index in [4.69, 9.17) is 11.6 Å². The van der Waals surface area contributed by atoms with Gasteiger partial charge in [0, 0.05) is 5.39 Å². The van der Waals surface area contributed by atoms with Gasteiger partial charge in [-0.1, -0.05) is 36.4 Å². The summed E-state index contributed by atoms with van der Waals surface area (Å²) in [6, 6.07) is 17.5. The molecule has 0 saturated heterocycles. The minimum Gasteiger partial charge on any atom is -0.237 e. The number of halogens is 1. The van der Waals surface area contributed by atoms with Gasteiger partial charge in [-0.25, -0.2) is 12.4 Å². The molecule has 5 heteroatoms. The van der Waals surface area contributed by atoms with E-state index < -0.39 is 10.0 Å². The first-order chi connectivity index (χ1) is 9.64. The summed E-state index contributed by atoms with van der Waals surface area (Å²) in [7, 11) is -3.63. The largest absolute Gasteiger partial charge is 0.268 e. The van der Waals surface area contributed by atoms with E-state index in [9.17, 15) is 8.42 Å². The van der Waals surface area contributed by atoms with E-state index in [1.54, 1.807) is 36.4 Å². The zero-order valence-electron chi connectivity index (χ0n) is 10.5. The predicted molar refractivity (Wildman–Crippen MR) is 80.5 cm³/mol. The fourth-order valence-corrected chi connectivity index (χ4v) is 4.09. The minimum atomic E-state index is -3.63. The Bertz CT molecular complexity index is 854. The molecule has 0 aliphatic rings. The lowest BCUT2D eigenvalue weighted by Gasteiger charge is -2.10. The van der Waals surface area contributed by atoms with E-state index in [-0.39, 0.29) is 10.8 Å². The number of aromatic nitrogens is 1. The standard InChI is InChI=1S/C15H12ClNO2S/c16-11-13-10-12-6-4-5-9-15(12)17(13)20(18,19)14-7-2-1-3-8-14/h1-10H,11H2. The third-order valence-electron chi connectivity index (χ3n) is 3.16. The molecule has 0 amide bonds. The van der Waals surface area contributed by atoms with E-state index in [0.29, 0.717) is 11.2 Å². The van der Waals surface area contributed by atoms with Crippen molar-refractivity contribution in [3.05, 3.63) is 66.4 Å². The predicted octanol–water partition coefficient (Wildman–Crippen LogP) is 3.62. The summed E-state index contributed by atoms with van der Waals surface area (Å²) in [5.74, 6) is 0.140. The van der Waals surface area contributed by atoms with E-state index >= 15 is 0 Å². The molecule has 3 rings (SSSR count). The van der Waals surface area contributed by atoms with Crippen molar-refractivity contribution in [1.82, 2.24) is 3.97 Å². The summed E-state index contributed by atoms with van der Waals surface area (Å²) in [5.41, 5.74) is 1.21. The molecule has 0 spiro atoms. The summed E-state index contributed by atoms with van der Waals surface area (Å²) >= 11 is 5.91. The Morgan fingerprint density at radius 2 is 1.60 bits per heavy atom. The Morgan fingerprint density at radius 3 is 2.30 bits per heavy atom. The quantitative estimate of drug-likeness (QED) is 0.693. The van der Waals surface area contributed by atoms with Crippen molar-refractivity contribution in [3.63, 3.8) is 0 Å². The van der Waals surface area contributed by atoms with Gasteiger partial charge in [-0.05, 0) is 24.3 Å². The van der Waals surface area contributed by atoms with Crippen LogP contribution in [-0.2, 0) is 15.9 Å². The minimum absolute atomic E-state index is 0.140. The molecule has 1 aromatic heterocycles. The van der Waals surface area contributed by atoms with E-state index in [1.807, 2.05) is 24.3 Å². The molecule has 20 heavy (non-hydrogen) atoms. The van der Waals surface area contributed by atoms with Gasteiger partial charge in [-0.15, -0.1) is 11.6 Å². The monoisotopic (exact) mass is 305 g/mol. The van der Waals surface area contributed by atoms with Crippen molar-refractivity contribution in [2.75, 3.05) is 0 Å². The Morgan fingerprint density at radius 1 is 0.950 bits per heavy atom. The molecule has 102 valence electrons. The second-order valence-electron chi connectivity index (χ2n) is 4.41. The Labute approximate surface area is 122 Å². The summed E-state index contributed by atoms with van der Waals surface area (Å²) in [6.07, 6.45) is 0. The van der Waals surface area contributed by atoms with Gasteiger partial charge in [0.15, 0.2) is 0 Å². The molecule has 1 heterocycles. The van der Waals surface area contributed by atoms with Crippen molar-refractivity contribution >= 4 is 32.5 Å². The molecule has 3 nitrogen and oxygen atoms in total. The highest BCUT2D eigenvalue weighted by Gasteiger charge is 2.22. The average molecular weight is 306 g/mol. The number of hydrogen-bond acceptors (Lipinski definition) is 2. The van der Waals surface area contributed by atoms with Gasteiger partial charge in [0.2, 0.25) is 0 Å². The highest BCUT2D eigenvalue weighted by molar-refractivity contribution is 7.90. The number of hydrogen-bond donors (Lipinski definition) is 0. The number of para-hydroxylation sites is 1.